The van der Waals surface area contributed by atoms with Crippen LogP contribution in [0.3, 0.4) is 0 Å². The van der Waals surface area contributed by atoms with E-state index in [-0.39, 0.29) is 17.9 Å². The Hall–Kier alpha value is -0.280. The van der Waals surface area contributed by atoms with Crippen molar-refractivity contribution in [3.05, 3.63) is 0 Å². The molecule has 0 radical (unpaired) electrons. The van der Waals surface area contributed by atoms with Crippen molar-refractivity contribution in [3.8, 4) is 0 Å². The Balaban J connectivity index is 0.000000605. The second kappa shape index (κ2) is 2.11. The van der Waals surface area contributed by atoms with Crippen LogP contribution in [0.25, 0.3) is 0 Å². The van der Waals surface area contributed by atoms with Crippen molar-refractivity contribution in [2.45, 2.75) is 31.2 Å². The van der Waals surface area contributed by atoms with E-state index >= 15 is 0 Å². The molecular weight excluding hydrogens is 166 g/mol. The van der Waals surface area contributed by atoms with Crippen LogP contribution in [0.15, 0.2) is 0 Å². The first kappa shape index (κ1) is 8.81. The normalized spacial score (nSPS) is 45.9. The molecule has 0 saturated heterocycles. The molecule has 3 aliphatic carbocycles. The van der Waals surface area contributed by atoms with Gasteiger partial charge in [0.2, 0.25) is 0 Å². The van der Waals surface area contributed by atoms with E-state index < -0.39 is 11.4 Å². The molecule has 0 atom stereocenters. The Kier molecular flexibility index (Phi) is 1.69. The Labute approximate surface area is 71.4 Å². The van der Waals surface area contributed by atoms with Gasteiger partial charge in [-0.2, -0.15) is 0 Å². The first-order chi connectivity index (χ1) is 4.56. The second-order valence-electron chi connectivity index (χ2n) is 3.80. The molecule has 0 aliphatic heterocycles. The third-order valence-corrected chi connectivity index (χ3v) is 2.94. The zero-order valence-electron chi connectivity index (χ0n) is 6.17. The summed E-state index contributed by atoms with van der Waals surface area (Å²) < 4.78 is 0. The monoisotopic (exact) mass is 177 g/mol. The number of carboxylic acids is 1. The summed E-state index contributed by atoms with van der Waals surface area (Å²) in [5, 5.41) is 8.77. The van der Waals surface area contributed by atoms with Gasteiger partial charge in [0.25, 0.3) is 0 Å². The van der Waals surface area contributed by atoms with E-state index in [2.05, 4.69) is 0 Å². The van der Waals surface area contributed by atoms with Gasteiger partial charge in [-0.1, -0.05) is 0 Å². The first-order valence-corrected chi connectivity index (χ1v) is 3.59. The number of fused-ring (bicyclic) bond motifs is 1. The Morgan fingerprint density at radius 3 is 2.09 bits per heavy atom. The smallest absolute Gasteiger partial charge is 0.309 e. The summed E-state index contributed by atoms with van der Waals surface area (Å²) in [5.41, 5.74) is 5.30. The van der Waals surface area contributed by atoms with Crippen LogP contribution >= 0.6 is 12.4 Å². The van der Waals surface area contributed by atoms with Gasteiger partial charge in [0.15, 0.2) is 0 Å². The number of carbonyl (C=O) groups is 1. The quantitative estimate of drug-likeness (QED) is 0.622. The molecule has 3 fully saturated rings. The highest BCUT2D eigenvalue weighted by Gasteiger charge is 2.62. The van der Waals surface area contributed by atoms with Crippen LogP contribution < -0.4 is 5.73 Å². The van der Waals surface area contributed by atoms with E-state index in [4.69, 9.17) is 10.8 Å². The summed E-state index contributed by atoms with van der Waals surface area (Å²) in [6.07, 6.45) is 3.10. The molecule has 0 aromatic heterocycles. The maximum Gasteiger partial charge on any atom is 0.309 e. The second-order valence-corrected chi connectivity index (χ2v) is 3.80. The minimum absolute atomic E-state index is 0. The van der Waals surface area contributed by atoms with Gasteiger partial charge in [-0.15, -0.1) is 12.4 Å². The molecule has 4 heteroatoms. The molecule has 0 spiro atoms. The maximum absolute atomic E-state index is 10.6. The fourth-order valence-electron chi connectivity index (χ4n) is 2.40. The lowest BCUT2D eigenvalue weighted by atomic mass is 9.66. The van der Waals surface area contributed by atoms with E-state index in [1.807, 2.05) is 0 Å². The van der Waals surface area contributed by atoms with Crippen LogP contribution in [0, 0.1) is 5.41 Å². The Bertz CT molecular complexity index is 199. The molecule has 0 aromatic carbocycles. The van der Waals surface area contributed by atoms with Crippen molar-refractivity contribution < 1.29 is 9.90 Å². The largest absolute Gasteiger partial charge is 0.481 e. The lowest BCUT2D eigenvalue weighted by molar-refractivity contribution is -0.153. The molecule has 0 heterocycles. The van der Waals surface area contributed by atoms with Gasteiger partial charge in [-0.05, 0) is 25.7 Å². The van der Waals surface area contributed by atoms with E-state index in [9.17, 15) is 4.79 Å². The summed E-state index contributed by atoms with van der Waals surface area (Å²) in [6, 6.07) is 0. The van der Waals surface area contributed by atoms with Crippen LogP contribution in [0.1, 0.15) is 25.7 Å². The molecule has 11 heavy (non-hydrogen) atoms. The highest BCUT2D eigenvalue weighted by molar-refractivity contribution is 5.85. The predicted octanol–water partition coefficient (Wildman–Crippen LogP) is 0.764. The third kappa shape index (κ3) is 0.948. The number of hydrogen-bond donors (Lipinski definition) is 2. The minimum atomic E-state index is -0.647. The average molecular weight is 178 g/mol. The summed E-state index contributed by atoms with van der Waals surface area (Å²) in [4.78, 5) is 10.6. The molecule has 3 nitrogen and oxygen atoms in total. The maximum atomic E-state index is 10.6. The van der Waals surface area contributed by atoms with Crippen molar-refractivity contribution in [3.63, 3.8) is 0 Å². The number of nitrogens with two attached hydrogens (primary N) is 1. The fourth-order valence-corrected chi connectivity index (χ4v) is 2.40. The molecule has 3 N–H and O–H groups in total. The number of aliphatic carboxylic acids is 1. The fraction of sp³-hybridized carbons (Fsp3) is 0.857. The van der Waals surface area contributed by atoms with Gasteiger partial charge >= 0.3 is 5.97 Å². The predicted molar refractivity (Wildman–Crippen MR) is 42.7 cm³/mol. The van der Waals surface area contributed by atoms with Crippen LogP contribution in [0.5, 0.6) is 0 Å². The van der Waals surface area contributed by atoms with Gasteiger partial charge in [0, 0.05) is 5.54 Å². The van der Waals surface area contributed by atoms with Crippen LogP contribution in [0.4, 0.5) is 0 Å². The zero-order valence-corrected chi connectivity index (χ0v) is 6.99. The number of rotatable bonds is 1. The van der Waals surface area contributed by atoms with E-state index in [1.165, 1.54) is 0 Å². The number of carboxylic acid groups (broad SMARTS) is 1. The van der Waals surface area contributed by atoms with Gasteiger partial charge in [-0.3, -0.25) is 4.79 Å². The van der Waals surface area contributed by atoms with Gasteiger partial charge in [0.1, 0.15) is 0 Å². The summed E-state index contributed by atoms with van der Waals surface area (Å²) in [5.74, 6) is -0.647. The topological polar surface area (TPSA) is 63.3 Å². The minimum Gasteiger partial charge on any atom is -0.481 e. The highest BCUT2D eigenvalue weighted by atomic mass is 35.5. The van der Waals surface area contributed by atoms with Crippen molar-refractivity contribution in [1.29, 1.82) is 0 Å². The average Bonchev–Trinajstić information content (AvgIpc) is 2.19. The lowest BCUT2D eigenvalue weighted by Crippen LogP contribution is -2.53. The molecule has 3 aliphatic rings. The number of hydrogen-bond acceptors (Lipinski definition) is 2. The van der Waals surface area contributed by atoms with E-state index in [0.29, 0.717) is 12.8 Å². The van der Waals surface area contributed by atoms with Crippen LogP contribution in [-0.4, -0.2) is 16.6 Å². The molecule has 0 unspecified atom stereocenters. The molecule has 64 valence electrons. The van der Waals surface area contributed by atoms with Crippen molar-refractivity contribution in [1.82, 2.24) is 0 Å². The summed E-state index contributed by atoms with van der Waals surface area (Å²) >= 11 is 0. The third-order valence-electron chi connectivity index (χ3n) is 2.94. The molecule has 2 bridgehead atoms. The van der Waals surface area contributed by atoms with Gasteiger partial charge in [-0.25, -0.2) is 0 Å². The van der Waals surface area contributed by atoms with Crippen LogP contribution in [0.2, 0.25) is 0 Å². The van der Waals surface area contributed by atoms with Crippen LogP contribution in [-0.2, 0) is 4.79 Å². The van der Waals surface area contributed by atoms with Crippen molar-refractivity contribution in [2.75, 3.05) is 0 Å². The zero-order chi connectivity index (χ0) is 7.41. The summed E-state index contributed by atoms with van der Waals surface area (Å²) in [6.45, 7) is 0. The van der Waals surface area contributed by atoms with Crippen molar-refractivity contribution >= 4 is 18.4 Å². The number of halogens is 1. The molecule has 0 amide bonds. The molecular formula is C7H12ClNO2. The Morgan fingerprint density at radius 2 is 1.91 bits per heavy atom. The lowest BCUT2D eigenvalue weighted by Gasteiger charge is -2.41. The molecule has 3 saturated carbocycles. The van der Waals surface area contributed by atoms with Crippen molar-refractivity contribution in [2.24, 2.45) is 11.1 Å². The molecule has 3 rings (SSSR count). The highest BCUT2D eigenvalue weighted by Crippen LogP contribution is 2.60. The molecule has 0 aromatic rings. The first-order valence-electron chi connectivity index (χ1n) is 3.59. The Morgan fingerprint density at radius 1 is 1.36 bits per heavy atom. The SMILES string of the molecule is Cl.NC12CCC(C(=O)O)(C1)C2. The summed E-state index contributed by atoms with van der Waals surface area (Å²) in [7, 11) is 0. The van der Waals surface area contributed by atoms with E-state index in [0.717, 1.165) is 12.8 Å². The van der Waals surface area contributed by atoms with Gasteiger partial charge in [0.05, 0.1) is 5.41 Å². The van der Waals surface area contributed by atoms with E-state index in [1.54, 1.807) is 0 Å². The van der Waals surface area contributed by atoms with Gasteiger partial charge < -0.3 is 10.8 Å². The standard InChI is InChI=1S/C7H11NO2.ClH/c8-7-2-1-6(3-7,4-7)5(9)10;/h1-4,8H2,(H,9,10);1H.